The third-order valence-electron chi connectivity index (χ3n) is 14.1. The second kappa shape index (κ2) is 15.7. The maximum atomic E-state index is 6.46. The van der Waals surface area contributed by atoms with Crippen molar-refractivity contribution in [1.29, 1.82) is 0 Å². The van der Waals surface area contributed by atoms with Gasteiger partial charge in [0.25, 0.3) is 0 Å². The van der Waals surface area contributed by atoms with Gasteiger partial charge in [0.05, 0.1) is 0 Å². The maximum absolute atomic E-state index is 6.46. The number of rotatable bonds is 6. The molecule has 62 heavy (non-hydrogen) atoms. The fourth-order valence-corrected chi connectivity index (χ4v) is 10.9. The second-order valence-corrected chi connectivity index (χ2v) is 18.2. The van der Waals surface area contributed by atoms with Crippen LogP contribution < -0.4 is 4.90 Å². The summed E-state index contributed by atoms with van der Waals surface area (Å²) in [5, 5.41) is 2.27. The predicted octanol–water partition coefficient (Wildman–Crippen LogP) is 17.3. The molecular weight excluding hydrogens is 751 g/mol. The molecule has 0 spiro atoms. The number of hydrogen-bond donors (Lipinski definition) is 0. The van der Waals surface area contributed by atoms with Crippen LogP contribution in [0.3, 0.4) is 0 Å². The van der Waals surface area contributed by atoms with E-state index in [0.29, 0.717) is 0 Å². The van der Waals surface area contributed by atoms with Crippen LogP contribution in [0.5, 0.6) is 0 Å². The van der Waals surface area contributed by atoms with Crippen molar-refractivity contribution in [2.24, 2.45) is 0 Å². The monoisotopic (exact) mass is 803 g/mol. The zero-order valence-electron chi connectivity index (χ0n) is 36.0. The topological polar surface area (TPSA) is 16.4 Å². The van der Waals surface area contributed by atoms with Crippen molar-refractivity contribution in [1.82, 2.24) is 0 Å². The van der Waals surface area contributed by atoms with E-state index in [1.807, 2.05) is 6.07 Å². The summed E-state index contributed by atoms with van der Waals surface area (Å²) >= 11 is 0. The molecule has 1 saturated carbocycles. The minimum atomic E-state index is -0.0448. The predicted molar refractivity (Wildman–Crippen MR) is 262 cm³/mol. The van der Waals surface area contributed by atoms with E-state index in [-0.39, 0.29) is 5.41 Å². The SMILES string of the molecule is C=C1CCCCC/C(c2ccccc2)=C2/CCCC/C2=C/1c1ccc(N(c2ccc(-c3ccc4c(c3)C(C)(C)c3ccccc3-4)cc2)c2ccc3c(c2)oc2ccccc23)cc1. The summed E-state index contributed by atoms with van der Waals surface area (Å²) < 4.78 is 6.46. The minimum Gasteiger partial charge on any atom is -0.456 e. The Bertz CT molecular complexity index is 3060. The molecule has 2 nitrogen and oxygen atoms in total. The van der Waals surface area contributed by atoms with Crippen LogP contribution in [0.2, 0.25) is 0 Å². The Kier molecular flexibility index (Phi) is 9.68. The number of fused-ring (bicyclic) bond motifs is 7. The molecule has 0 amide bonds. The van der Waals surface area contributed by atoms with Gasteiger partial charge in [-0.05, 0) is 172 Å². The third-order valence-corrected chi connectivity index (χ3v) is 14.1. The van der Waals surface area contributed by atoms with Gasteiger partial charge in [0, 0.05) is 39.3 Å². The van der Waals surface area contributed by atoms with Gasteiger partial charge in [-0.25, -0.2) is 0 Å². The van der Waals surface area contributed by atoms with Gasteiger partial charge in [0.15, 0.2) is 0 Å². The molecule has 0 atom stereocenters. The van der Waals surface area contributed by atoms with Gasteiger partial charge in [-0.1, -0.05) is 136 Å². The van der Waals surface area contributed by atoms with Crippen molar-refractivity contribution in [3.8, 4) is 22.3 Å². The molecule has 0 radical (unpaired) electrons. The molecule has 0 aliphatic heterocycles. The van der Waals surface area contributed by atoms with E-state index in [2.05, 4.69) is 176 Å². The average Bonchev–Trinajstić information content (AvgIpc) is 3.80. The highest BCUT2D eigenvalue weighted by molar-refractivity contribution is 6.06. The summed E-state index contributed by atoms with van der Waals surface area (Å²) in [5.41, 5.74) is 22.9. The first-order valence-electron chi connectivity index (χ1n) is 22.8. The van der Waals surface area contributed by atoms with E-state index in [4.69, 9.17) is 11.0 Å². The van der Waals surface area contributed by atoms with Crippen molar-refractivity contribution in [3.63, 3.8) is 0 Å². The lowest BCUT2D eigenvalue weighted by Crippen LogP contribution is -2.14. The molecule has 3 aliphatic carbocycles. The molecule has 0 N–H and O–H groups in total. The fourth-order valence-electron chi connectivity index (χ4n) is 10.9. The van der Waals surface area contributed by atoms with E-state index in [0.717, 1.165) is 64.7 Å². The third kappa shape index (κ3) is 6.65. The molecule has 0 unspecified atom stereocenters. The van der Waals surface area contributed by atoms with Gasteiger partial charge in [-0.15, -0.1) is 0 Å². The number of allylic oxidation sites excluding steroid dienone is 5. The Morgan fingerprint density at radius 3 is 1.84 bits per heavy atom. The van der Waals surface area contributed by atoms with Gasteiger partial charge < -0.3 is 9.32 Å². The summed E-state index contributed by atoms with van der Waals surface area (Å²) in [6.45, 7) is 9.51. The van der Waals surface area contributed by atoms with E-state index < -0.39 is 0 Å². The van der Waals surface area contributed by atoms with Crippen LogP contribution in [-0.4, -0.2) is 0 Å². The van der Waals surface area contributed by atoms with Gasteiger partial charge >= 0.3 is 0 Å². The van der Waals surface area contributed by atoms with E-state index >= 15 is 0 Å². The first kappa shape index (κ1) is 38.3. The molecular formula is C60H53NO. The fraction of sp³-hybridized carbons (Fsp3) is 0.200. The highest BCUT2D eigenvalue weighted by Gasteiger charge is 2.35. The number of para-hydroxylation sites is 1. The van der Waals surface area contributed by atoms with Crippen molar-refractivity contribution in [2.75, 3.05) is 4.90 Å². The number of anilines is 3. The molecule has 0 saturated heterocycles. The minimum absolute atomic E-state index is 0.0448. The van der Waals surface area contributed by atoms with Crippen LogP contribution >= 0.6 is 0 Å². The standard InChI is InChI=1S/C60H53NO/c1-40-16-6-4-9-19-48(42-17-7-5-8-18-42)49-20-10-11-23-54(49)59(40)43-28-33-46(34-29-43)61(47-35-37-53-52-22-13-15-25-57(52)62-58(53)39-47)45-31-26-41(27-32-45)44-30-36-51-50-21-12-14-24-55(50)60(2,3)56(51)38-44/h5,7-8,12-15,17-18,21-22,24-39H,1,4,6,9-11,16,19-20,23H2,2-3H3/b49-48+,59-54+. The van der Waals surface area contributed by atoms with Gasteiger partial charge in [-0.2, -0.15) is 0 Å². The summed E-state index contributed by atoms with van der Waals surface area (Å²) in [4.78, 5) is 2.38. The Hall–Kier alpha value is -6.64. The molecule has 1 fully saturated rings. The maximum Gasteiger partial charge on any atom is 0.137 e. The Labute approximate surface area is 366 Å². The molecule has 304 valence electrons. The summed E-state index contributed by atoms with van der Waals surface area (Å²) in [7, 11) is 0. The first-order chi connectivity index (χ1) is 30.4. The van der Waals surface area contributed by atoms with Crippen LogP contribution in [0.1, 0.15) is 93.9 Å². The molecule has 11 rings (SSSR count). The largest absolute Gasteiger partial charge is 0.456 e. The normalized spacial score (nSPS) is 18.6. The van der Waals surface area contributed by atoms with Gasteiger partial charge in [-0.3, -0.25) is 0 Å². The van der Waals surface area contributed by atoms with E-state index in [9.17, 15) is 0 Å². The van der Waals surface area contributed by atoms with Crippen molar-refractivity contribution >= 4 is 50.1 Å². The Balaban J connectivity index is 1.01. The smallest absolute Gasteiger partial charge is 0.137 e. The highest BCUT2D eigenvalue weighted by Crippen LogP contribution is 2.50. The van der Waals surface area contributed by atoms with Crippen molar-refractivity contribution < 1.29 is 4.42 Å². The van der Waals surface area contributed by atoms with Crippen molar-refractivity contribution in [3.05, 3.63) is 209 Å². The van der Waals surface area contributed by atoms with E-state index in [1.165, 1.54) is 93.3 Å². The van der Waals surface area contributed by atoms with Crippen LogP contribution in [0.4, 0.5) is 17.1 Å². The van der Waals surface area contributed by atoms with Crippen LogP contribution in [0.15, 0.2) is 192 Å². The lowest BCUT2D eigenvalue weighted by Gasteiger charge is -2.29. The number of hydrogen-bond acceptors (Lipinski definition) is 2. The first-order valence-corrected chi connectivity index (χ1v) is 22.8. The van der Waals surface area contributed by atoms with Crippen LogP contribution in [0.25, 0.3) is 55.3 Å². The number of nitrogens with zero attached hydrogens (tertiary/aromatic N) is 1. The van der Waals surface area contributed by atoms with Crippen LogP contribution in [-0.2, 0) is 5.41 Å². The van der Waals surface area contributed by atoms with Gasteiger partial charge in [0.1, 0.15) is 11.2 Å². The summed E-state index contributed by atoms with van der Waals surface area (Å²) in [6.07, 6.45) is 10.5. The zero-order chi connectivity index (χ0) is 41.8. The molecule has 1 heterocycles. The van der Waals surface area contributed by atoms with Crippen molar-refractivity contribution in [2.45, 2.75) is 77.0 Å². The zero-order valence-corrected chi connectivity index (χ0v) is 36.0. The molecule has 1 aromatic heterocycles. The Morgan fingerprint density at radius 2 is 1.03 bits per heavy atom. The quantitative estimate of drug-likeness (QED) is 0.166. The lowest BCUT2D eigenvalue weighted by atomic mass is 9.76. The van der Waals surface area contributed by atoms with Gasteiger partial charge in [0.2, 0.25) is 0 Å². The number of furan rings is 1. The van der Waals surface area contributed by atoms with E-state index in [1.54, 1.807) is 11.1 Å². The second-order valence-electron chi connectivity index (χ2n) is 18.2. The average molecular weight is 804 g/mol. The Morgan fingerprint density at radius 1 is 0.435 bits per heavy atom. The molecule has 3 aliphatic rings. The molecule has 0 bridgehead atoms. The molecule has 8 aromatic rings. The summed E-state index contributed by atoms with van der Waals surface area (Å²) in [5.74, 6) is 0. The van der Waals surface area contributed by atoms with Crippen LogP contribution in [0, 0.1) is 0 Å². The highest BCUT2D eigenvalue weighted by atomic mass is 16.3. The number of benzene rings is 7. The molecule has 2 heteroatoms. The summed E-state index contributed by atoms with van der Waals surface area (Å²) in [6, 6.07) is 60.5. The lowest BCUT2D eigenvalue weighted by molar-refractivity contribution is 0.660. The molecule has 7 aromatic carbocycles.